The Kier molecular flexibility index (Phi) is 14.7. The van der Waals surface area contributed by atoms with Crippen LogP contribution in [0.4, 0.5) is 15.5 Å². The molecule has 0 radical (unpaired) electrons. The summed E-state index contributed by atoms with van der Waals surface area (Å²) in [6, 6.07) is 18.8. The van der Waals surface area contributed by atoms with Crippen LogP contribution >= 0.6 is 23.1 Å². The van der Waals surface area contributed by atoms with Crippen molar-refractivity contribution in [1.82, 2.24) is 10.2 Å². The van der Waals surface area contributed by atoms with Crippen LogP contribution in [-0.2, 0) is 32.0 Å². The van der Waals surface area contributed by atoms with Gasteiger partial charge in [-0.2, -0.15) is 0 Å². The normalized spacial score (nSPS) is 13.0. The molecule has 0 saturated heterocycles. The Labute approximate surface area is 351 Å². The lowest BCUT2D eigenvalue weighted by molar-refractivity contribution is -0.116. The Morgan fingerprint density at radius 2 is 1.59 bits per heavy atom. The number of carbonyl (C=O) groups excluding carboxylic acids is 5. The second-order valence-corrected chi connectivity index (χ2v) is 16.6. The average Bonchev–Trinajstić information content (AvgIpc) is 3.58. The van der Waals surface area contributed by atoms with Crippen molar-refractivity contribution in [3.8, 4) is 17.2 Å². The van der Waals surface area contributed by atoms with Crippen molar-refractivity contribution >= 4 is 69.6 Å². The fourth-order valence-electron chi connectivity index (χ4n) is 6.11. The zero-order chi connectivity index (χ0) is 42.9. The maximum atomic E-state index is 13.9. The number of nitrogens with zero attached hydrogens (tertiary/aromatic N) is 1. The van der Waals surface area contributed by atoms with E-state index in [9.17, 15) is 24.0 Å². The maximum Gasteiger partial charge on any atom is 0.410 e. The van der Waals surface area contributed by atoms with E-state index in [1.165, 1.54) is 57.6 Å². The van der Waals surface area contributed by atoms with Gasteiger partial charge in [-0.25, -0.2) is 9.59 Å². The molecule has 14 nitrogen and oxygen atoms in total. The molecule has 0 bridgehead atoms. The van der Waals surface area contributed by atoms with Crippen LogP contribution in [0.3, 0.4) is 0 Å². The van der Waals surface area contributed by atoms with Gasteiger partial charge in [0.1, 0.15) is 16.3 Å². The van der Waals surface area contributed by atoms with Crippen LogP contribution in [0.15, 0.2) is 77.3 Å². The fourth-order valence-corrected chi connectivity index (χ4v) is 8.38. The number of nitrogens with one attached hydrogen (secondary N) is 3. The van der Waals surface area contributed by atoms with Gasteiger partial charge in [-0.15, -0.1) is 23.1 Å². The van der Waals surface area contributed by atoms with Crippen LogP contribution in [-0.4, -0.2) is 80.5 Å². The Balaban J connectivity index is 1.35. The van der Waals surface area contributed by atoms with Gasteiger partial charge in [-0.3, -0.25) is 14.4 Å². The number of benzene rings is 3. The Hall–Kier alpha value is -6.00. The number of hydrogen-bond donors (Lipinski definition) is 3. The third-order valence-electron chi connectivity index (χ3n) is 8.90. The molecule has 59 heavy (non-hydrogen) atoms. The molecule has 16 heteroatoms. The summed E-state index contributed by atoms with van der Waals surface area (Å²) in [6.45, 7) is 7.84. The van der Waals surface area contributed by atoms with E-state index in [0.29, 0.717) is 63.3 Å². The zero-order valence-electron chi connectivity index (χ0n) is 34.2. The van der Waals surface area contributed by atoms with Crippen LogP contribution in [0, 0.1) is 0 Å². The van der Waals surface area contributed by atoms with Gasteiger partial charge in [-0.1, -0.05) is 31.2 Å². The van der Waals surface area contributed by atoms with E-state index in [2.05, 4.69) is 16.0 Å². The molecule has 4 aromatic rings. The summed E-state index contributed by atoms with van der Waals surface area (Å²) in [5, 5.41) is 8.31. The molecule has 1 atom stereocenters. The van der Waals surface area contributed by atoms with Gasteiger partial charge in [0.2, 0.25) is 11.7 Å². The summed E-state index contributed by atoms with van der Waals surface area (Å²) in [5.41, 5.74) is 1.54. The van der Waals surface area contributed by atoms with Crippen molar-refractivity contribution in [3.63, 3.8) is 0 Å². The minimum absolute atomic E-state index is 0.0636. The highest BCUT2D eigenvalue weighted by molar-refractivity contribution is 8.00. The molecule has 0 aliphatic carbocycles. The van der Waals surface area contributed by atoms with Crippen LogP contribution in [0.1, 0.15) is 70.8 Å². The third kappa shape index (κ3) is 11.1. The van der Waals surface area contributed by atoms with Gasteiger partial charge >= 0.3 is 12.1 Å². The Bertz CT molecular complexity index is 2210. The number of rotatable bonds is 14. The number of fused-ring (bicyclic) bond motifs is 1. The van der Waals surface area contributed by atoms with Crippen LogP contribution in [0.25, 0.3) is 6.08 Å². The van der Waals surface area contributed by atoms with E-state index in [1.807, 2.05) is 13.0 Å². The number of anilines is 2. The van der Waals surface area contributed by atoms with E-state index in [4.69, 9.17) is 23.7 Å². The number of carbonyl (C=O) groups is 5. The smallest absolute Gasteiger partial charge is 0.410 e. The predicted octanol–water partition coefficient (Wildman–Crippen LogP) is 7.77. The van der Waals surface area contributed by atoms with Gasteiger partial charge in [0.15, 0.2) is 11.5 Å². The molecule has 312 valence electrons. The van der Waals surface area contributed by atoms with E-state index < -0.39 is 34.7 Å². The maximum absolute atomic E-state index is 13.9. The standard InChI is InChI=1S/C43H48N4O10S2/c1-9-33(39(50)46-40-35(41(51)56-8)29-18-19-47(24-34(29)59-40)42(52)57-43(2,3)4)58-28-17-13-16-27(23-28)44-38(49)30(45-37(48)26-14-11-10-12-15-26)20-25-21-31(53-5)36(55-7)32(22-25)54-6/h10-17,20-23,33H,9,18-19,24H2,1-8H3,(H,44,49)(H,45,48)(H,46,50)/b30-20+. The van der Waals surface area contributed by atoms with Crippen molar-refractivity contribution in [3.05, 3.63) is 99.6 Å². The first-order chi connectivity index (χ1) is 28.2. The topological polar surface area (TPSA) is 171 Å². The highest BCUT2D eigenvalue weighted by Gasteiger charge is 2.33. The molecule has 1 aliphatic heterocycles. The van der Waals surface area contributed by atoms with Gasteiger partial charge in [0.25, 0.3) is 11.8 Å². The molecule has 1 aliphatic rings. The molecule has 0 saturated carbocycles. The number of thiophene rings is 1. The molecule has 0 fully saturated rings. The minimum Gasteiger partial charge on any atom is -0.493 e. The van der Waals surface area contributed by atoms with Crippen molar-refractivity contribution in [2.75, 3.05) is 45.6 Å². The summed E-state index contributed by atoms with van der Waals surface area (Å²) in [5.74, 6) is -0.941. The Morgan fingerprint density at radius 1 is 0.898 bits per heavy atom. The second kappa shape index (κ2) is 19.6. The fraction of sp³-hybridized carbons (Fsp3) is 0.326. The van der Waals surface area contributed by atoms with Gasteiger partial charge in [-0.05, 0) is 93.3 Å². The highest BCUT2D eigenvalue weighted by Crippen LogP contribution is 2.40. The quantitative estimate of drug-likeness (QED) is 0.0644. The predicted molar refractivity (Wildman–Crippen MR) is 228 cm³/mol. The average molecular weight is 845 g/mol. The van der Waals surface area contributed by atoms with Crippen LogP contribution < -0.4 is 30.2 Å². The Morgan fingerprint density at radius 3 is 2.20 bits per heavy atom. The largest absolute Gasteiger partial charge is 0.493 e. The number of ether oxygens (including phenoxy) is 5. The molecule has 4 amide bonds. The number of amides is 4. The number of esters is 1. The monoisotopic (exact) mass is 844 g/mol. The van der Waals surface area contributed by atoms with E-state index in [1.54, 1.807) is 86.3 Å². The molecular weight excluding hydrogens is 797 g/mol. The van der Waals surface area contributed by atoms with Crippen molar-refractivity contribution in [2.45, 2.75) is 62.8 Å². The summed E-state index contributed by atoms with van der Waals surface area (Å²) in [4.78, 5) is 69.9. The first kappa shape index (κ1) is 44.1. The first-order valence-corrected chi connectivity index (χ1v) is 20.4. The lowest BCUT2D eigenvalue weighted by Gasteiger charge is -2.30. The molecule has 1 unspecified atom stereocenters. The lowest BCUT2D eigenvalue weighted by atomic mass is 10.0. The summed E-state index contributed by atoms with van der Waals surface area (Å²) < 4.78 is 27.1. The third-order valence-corrected chi connectivity index (χ3v) is 11.4. The molecule has 0 spiro atoms. The van der Waals surface area contributed by atoms with Gasteiger partial charge in [0.05, 0.1) is 45.8 Å². The molecule has 3 aromatic carbocycles. The second-order valence-electron chi connectivity index (χ2n) is 14.2. The van der Waals surface area contributed by atoms with E-state index in [0.717, 1.165) is 10.4 Å². The van der Waals surface area contributed by atoms with Gasteiger partial charge in [0, 0.05) is 27.6 Å². The molecular formula is C43H48N4O10S2. The van der Waals surface area contributed by atoms with Crippen molar-refractivity contribution in [2.24, 2.45) is 0 Å². The highest BCUT2D eigenvalue weighted by atomic mass is 32.2. The number of thioether (sulfide) groups is 1. The van der Waals surface area contributed by atoms with Crippen LogP contribution in [0.2, 0.25) is 0 Å². The molecule has 5 rings (SSSR count). The zero-order valence-corrected chi connectivity index (χ0v) is 35.8. The van der Waals surface area contributed by atoms with Gasteiger partial charge < -0.3 is 44.5 Å². The number of methoxy groups -OCH3 is 4. The molecule has 3 N–H and O–H groups in total. The summed E-state index contributed by atoms with van der Waals surface area (Å²) in [6.07, 6.45) is 1.87. The van der Waals surface area contributed by atoms with Crippen molar-refractivity contribution in [1.29, 1.82) is 0 Å². The van der Waals surface area contributed by atoms with E-state index in [-0.39, 0.29) is 23.7 Å². The first-order valence-electron chi connectivity index (χ1n) is 18.7. The van der Waals surface area contributed by atoms with Crippen molar-refractivity contribution < 1.29 is 47.7 Å². The van der Waals surface area contributed by atoms with E-state index >= 15 is 0 Å². The number of hydrogen-bond acceptors (Lipinski definition) is 12. The molecule has 2 heterocycles. The minimum atomic E-state index is -0.663. The lowest BCUT2D eigenvalue weighted by Crippen LogP contribution is -2.39. The summed E-state index contributed by atoms with van der Waals surface area (Å²) >= 11 is 2.52. The van der Waals surface area contributed by atoms with Crippen LogP contribution in [0.5, 0.6) is 17.2 Å². The summed E-state index contributed by atoms with van der Waals surface area (Å²) in [7, 11) is 5.72. The SMILES string of the molecule is CCC(Sc1cccc(NC(=O)/C(=C\c2cc(OC)c(OC)c(OC)c2)NC(=O)c2ccccc2)c1)C(=O)Nc1sc2c(c1C(=O)OC)CCN(C(=O)OC(C)(C)C)C2. The molecule has 1 aromatic heterocycles.